The van der Waals surface area contributed by atoms with Gasteiger partial charge >= 0.3 is 5.76 Å². The van der Waals surface area contributed by atoms with Crippen molar-refractivity contribution in [3.63, 3.8) is 0 Å². The molecule has 0 saturated heterocycles. The molecule has 0 saturated carbocycles. The fraction of sp³-hybridized carbons (Fsp3) is 0. The van der Waals surface area contributed by atoms with Gasteiger partial charge < -0.3 is 0 Å². The highest BCUT2D eigenvalue weighted by Crippen LogP contribution is 2.06. The molecule has 1 N–H and O–H groups in total. The zero-order chi connectivity index (χ0) is 8.39. The molecule has 2 aromatic rings. The predicted molar refractivity (Wildman–Crippen MR) is 40.4 cm³/mol. The lowest BCUT2D eigenvalue weighted by Crippen LogP contribution is -1.95. The van der Waals surface area contributed by atoms with E-state index in [1.807, 2.05) is 0 Å². The number of pyridine rings is 1. The van der Waals surface area contributed by atoms with Gasteiger partial charge in [-0.2, -0.15) is 0 Å². The zero-order valence-corrected chi connectivity index (χ0v) is 6.02. The quantitative estimate of drug-likeness (QED) is 0.661. The van der Waals surface area contributed by atoms with E-state index in [1.165, 1.54) is 0 Å². The highest BCUT2D eigenvalue weighted by Gasteiger charge is 2.02. The van der Waals surface area contributed by atoms with Gasteiger partial charge in [0.05, 0.1) is 0 Å². The highest BCUT2D eigenvalue weighted by molar-refractivity contribution is 5.46. The third-order valence-corrected chi connectivity index (χ3v) is 1.35. The van der Waals surface area contributed by atoms with E-state index < -0.39 is 5.76 Å². The van der Waals surface area contributed by atoms with Gasteiger partial charge in [-0.15, -0.1) is 0 Å². The molecule has 2 aromatic heterocycles. The van der Waals surface area contributed by atoms with E-state index in [1.54, 1.807) is 24.4 Å². The molecule has 5 nitrogen and oxygen atoms in total. The van der Waals surface area contributed by atoms with Gasteiger partial charge in [0.15, 0.2) is 0 Å². The molecule has 2 heterocycles. The van der Waals surface area contributed by atoms with E-state index in [-0.39, 0.29) is 0 Å². The SMILES string of the molecule is O=c1[nH]c(-c2ccccn2)no1. The molecule has 12 heavy (non-hydrogen) atoms. The molecule has 0 atom stereocenters. The molecule has 0 fully saturated rings. The second-order valence-corrected chi connectivity index (χ2v) is 2.16. The molecule has 60 valence electrons. The Hall–Kier alpha value is -1.91. The summed E-state index contributed by atoms with van der Waals surface area (Å²) < 4.78 is 4.32. The normalized spacial score (nSPS) is 10.0. The Labute approximate surface area is 67.1 Å². The fourth-order valence-corrected chi connectivity index (χ4v) is 0.843. The molecule has 0 unspecified atom stereocenters. The number of hydrogen-bond donors (Lipinski definition) is 1. The Morgan fingerprint density at radius 3 is 2.92 bits per heavy atom. The van der Waals surface area contributed by atoms with Gasteiger partial charge in [-0.05, 0) is 12.1 Å². The summed E-state index contributed by atoms with van der Waals surface area (Å²) >= 11 is 0. The van der Waals surface area contributed by atoms with Gasteiger partial charge in [0.2, 0.25) is 5.82 Å². The van der Waals surface area contributed by atoms with Crippen molar-refractivity contribution in [2.24, 2.45) is 0 Å². The van der Waals surface area contributed by atoms with E-state index in [0.29, 0.717) is 11.5 Å². The number of H-pyrrole nitrogens is 1. The first-order valence-corrected chi connectivity index (χ1v) is 3.33. The summed E-state index contributed by atoms with van der Waals surface area (Å²) in [6.45, 7) is 0. The summed E-state index contributed by atoms with van der Waals surface area (Å²) in [5.41, 5.74) is 0.586. The van der Waals surface area contributed by atoms with Gasteiger partial charge in [0.1, 0.15) is 5.69 Å². The molecule has 0 aliphatic heterocycles. The van der Waals surface area contributed by atoms with E-state index in [0.717, 1.165) is 0 Å². The van der Waals surface area contributed by atoms with Gasteiger partial charge in [-0.3, -0.25) is 14.5 Å². The first-order valence-electron chi connectivity index (χ1n) is 3.33. The molecule has 0 aliphatic carbocycles. The molecule has 0 aromatic carbocycles. The smallest absolute Gasteiger partial charge is 0.296 e. The van der Waals surface area contributed by atoms with Crippen molar-refractivity contribution in [1.82, 2.24) is 15.1 Å². The van der Waals surface area contributed by atoms with Crippen LogP contribution < -0.4 is 5.76 Å². The van der Waals surface area contributed by atoms with Crippen molar-refractivity contribution in [3.8, 4) is 11.5 Å². The van der Waals surface area contributed by atoms with Gasteiger partial charge in [-0.1, -0.05) is 11.2 Å². The van der Waals surface area contributed by atoms with Crippen molar-refractivity contribution in [3.05, 3.63) is 34.9 Å². The van der Waals surface area contributed by atoms with Crippen LogP contribution in [0.1, 0.15) is 0 Å². The van der Waals surface area contributed by atoms with Crippen molar-refractivity contribution in [1.29, 1.82) is 0 Å². The Kier molecular flexibility index (Phi) is 1.48. The molecule has 0 amide bonds. The minimum atomic E-state index is -0.573. The first-order chi connectivity index (χ1) is 5.86. The maximum absolute atomic E-state index is 10.6. The number of aromatic amines is 1. The molecule has 2 rings (SSSR count). The van der Waals surface area contributed by atoms with Crippen LogP contribution in [0, 0.1) is 0 Å². The Morgan fingerprint density at radius 2 is 2.33 bits per heavy atom. The van der Waals surface area contributed by atoms with Crippen LogP contribution in [0.4, 0.5) is 0 Å². The van der Waals surface area contributed by atoms with Gasteiger partial charge in [-0.25, -0.2) is 4.79 Å². The molecule has 0 bridgehead atoms. The third kappa shape index (κ3) is 1.12. The molecule has 0 radical (unpaired) electrons. The van der Waals surface area contributed by atoms with Crippen molar-refractivity contribution < 1.29 is 4.52 Å². The monoisotopic (exact) mass is 163 g/mol. The van der Waals surface area contributed by atoms with E-state index in [9.17, 15) is 4.79 Å². The van der Waals surface area contributed by atoms with Crippen molar-refractivity contribution >= 4 is 0 Å². The molecule has 0 aliphatic rings. The lowest BCUT2D eigenvalue weighted by molar-refractivity contribution is 0.387. The maximum Gasteiger partial charge on any atom is 0.439 e. The van der Waals surface area contributed by atoms with Crippen LogP contribution in [0.3, 0.4) is 0 Å². The maximum atomic E-state index is 10.6. The average molecular weight is 163 g/mol. The van der Waals surface area contributed by atoms with E-state index >= 15 is 0 Å². The number of aromatic nitrogens is 3. The second-order valence-electron chi connectivity index (χ2n) is 2.16. The van der Waals surface area contributed by atoms with E-state index in [4.69, 9.17) is 0 Å². The second kappa shape index (κ2) is 2.61. The van der Waals surface area contributed by atoms with Crippen LogP contribution in [-0.2, 0) is 0 Å². The number of rotatable bonds is 1. The van der Waals surface area contributed by atoms with Crippen LogP contribution in [0.5, 0.6) is 0 Å². The summed E-state index contributed by atoms with van der Waals surface area (Å²) in [5.74, 6) is -0.226. The van der Waals surface area contributed by atoms with Gasteiger partial charge in [0, 0.05) is 6.20 Å². The van der Waals surface area contributed by atoms with Gasteiger partial charge in [0.25, 0.3) is 0 Å². The topological polar surface area (TPSA) is 71.8 Å². The standard InChI is InChI=1S/C7H5N3O2/c11-7-9-6(10-12-7)5-3-1-2-4-8-5/h1-4H,(H,9,10,11). The average Bonchev–Trinajstić information content (AvgIpc) is 2.54. The zero-order valence-electron chi connectivity index (χ0n) is 6.02. The summed E-state index contributed by atoms with van der Waals surface area (Å²) in [6, 6.07) is 5.31. The summed E-state index contributed by atoms with van der Waals surface area (Å²) in [4.78, 5) is 16.9. The van der Waals surface area contributed by atoms with Crippen LogP contribution in [0.15, 0.2) is 33.7 Å². The van der Waals surface area contributed by atoms with Crippen LogP contribution >= 0.6 is 0 Å². The number of nitrogens with zero attached hydrogens (tertiary/aromatic N) is 2. The lowest BCUT2D eigenvalue weighted by Gasteiger charge is -1.89. The number of nitrogens with one attached hydrogen (secondary N) is 1. The van der Waals surface area contributed by atoms with E-state index in [2.05, 4.69) is 19.6 Å². The predicted octanol–water partition coefficient (Wildman–Crippen LogP) is 0.425. The number of hydrogen-bond acceptors (Lipinski definition) is 4. The molecule has 0 spiro atoms. The minimum absolute atomic E-state index is 0.348. The first kappa shape index (κ1) is 6.78. The minimum Gasteiger partial charge on any atom is -0.296 e. The Morgan fingerprint density at radius 1 is 1.42 bits per heavy atom. The summed E-state index contributed by atoms with van der Waals surface area (Å²) in [5, 5.41) is 3.48. The largest absolute Gasteiger partial charge is 0.439 e. The fourth-order valence-electron chi connectivity index (χ4n) is 0.843. The van der Waals surface area contributed by atoms with Crippen LogP contribution in [0.25, 0.3) is 11.5 Å². The Bertz CT molecular complexity index is 417. The van der Waals surface area contributed by atoms with Crippen molar-refractivity contribution in [2.75, 3.05) is 0 Å². The lowest BCUT2D eigenvalue weighted by atomic mass is 10.3. The Balaban J connectivity index is 2.51. The summed E-state index contributed by atoms with van der Waals surface area (Å²) in [6.07, 6.45) is 1.61. The third-order valence-electron chi connectivity index (χ3n) is 1.35. The molecular weight excluding hydrogens is 158 g/mol. The van der Waals surface area contributed by atoms with Crippen LogP contribution in [0.2, 0.25) is 0 Å². The van der Waals surface area contributed by atoms with Crippen molar-refractivity contribution in [2.45, 2.75) is 0 Å². The molecular formula is C7H5N3O2. The highest BCUT2D eigenvalue weighted by atomic mass is 16.5. The molecule has 5 heteroatoms. The summed E-state index contributed by atoms with van der Waals surface area (Å²) in [7, 11) is 0. The van der Waals surface area contributed by atoms with Crippen LogP contribution in [-0.4, -0.2) is 15.1 Å².